The molecule has 1 aliphatic rings. The highest BCUT2D eigenvalue weighted by molar-refractivity contribution is 6.31. The first-order chi connectivity index (χ1) is 13.7. The molecule has 0 saturated carbocycles. The standard InChI is InChI=1S/C21H21ClN4O2/c1-2-19-23-20(25-24-19)14-7-9-15(10-8-14)21(27)26-11-12-28-18(13-26)16-5-3-4-6-17(16)22/h3-10,18H,2,11-13H2,1H3,(H,23,24,25). The van der Waals surface area contributed by atoms with Gasteiger partial charge >= 0.3 is 0 Å². The van der Waals surface area contributed by atoms with Crippen molar-refractivity contribution >= 4 is 17.5 Å². The third-order valence-corrected chi connectivity index (χ3v) is 5.21. The number of carbonyl (C=O) groups excluding carboxylic acids is 1. The van der Waals surface area contributed by atoms with Gasteiger partial charge in [0.15, 0.2) is 5.82 Å². The number of hydrogen-bond donors (Lipinski definition) is 1. The monoisotopic (exact) mass is 396 g/mol. The summed E-state index contributed by atoms with van der Waals surface area (Å²) in [5, 5.41) is 7.78. The van der Waals surface area contributed by atoms with Crippen molar-refractivity contribution in [3.63, 3.8) is 0 Å². The van der Waals surface area contributed by atoms with E-state index in [0.29, 0.717) is 36.1 Å². The van der Waals surface area contributed by atoms with Crippen LogP contribution in [0, 0.1) is 0 Å². The summed E-state index contributed by atoms with van der Waals surface area (Å²) < 4.78 is 5.85. The molecule has 2 heterocycles. The number of nitrogens with one attached hydrogen (secondary N) is 1. The Hall–Kier alpha value is -2.70. The van der Waals surface area contributed by atoms with Crippen LogP contribution >= 0.6 is 11.6 Å². The normalized spacial score (nSPS) is 16.9. The van der Waals surface area contributed by atoms with E-state index in [-0.39, 0.29) is 12.0 Å². The molecule has 2 aromatic carbocycles. The van der Waals surface area contributed by atoms with Gasteiger partial charge in [0.1, 0.15) is 11.9 Å². The molecule has 1 atom stereocenters. The third-order valence-electron chi connectivity index (χ3n) is 4.86. The number of amides is 1. The van der Waals surface area contributed by atoms with Gasteiger partial charge in [-0.3, -0.25) is 9.89 Å². The first kappa shape index (κ1) is 18.7. The number of aromatic nitrogens is 3. The smallest absolute Gasteiger partial charge is 0.254 e. The van der Waals surface area contributed by atoms with Crippen LogP contribution < -0.4 is 0 Å². The largest absolute Gasteiger partial charge is 0.370 e. The number of hydrogen-bond acceptors (Lipinski definition) is 4. The van der Waals surface area contributed by atoms with Gasteiger partial charge in [0.2, 0.25) is 0 Å². The zero-order valence-electron chi connectivity index (χ0n) is 15.6. The second kappa shape index (κ2) is 8.12. The Balaban J connectivity index is 1.48. The highest BCUT2D eigenvalue weighted by Crippen LogP contribution is 2.29. The quantitative estimate of drug-likeness (QED) is 0.726. The maximum atomic E-state index is 13.0. The summed E-state index contributed by atoms with van der Waals surface area (Å²) in [5.41, 5.74) is 2.42. The van der Waals surface area contributed by atoms with E-state index in [1.165, 1.54) is 0 Å². The Bertz CT molecular complexity index is 971. The molecule has 1 aromatic heterocycles. The van der Waals surface area contributed by atoms with E-state index in [1.807, 2.05) is 60.4 Å². The van der Waals surface area contributed by atoms with E-state index >= 15 is 0 Å². The van der Waals surface area contributed by atoms with Crippen molar-refractivity contribution in [2.45, 2.75) is 19.4 Å². The number of aryl methyl sites for hydroxylation is 1. The van der Waals surface area contributed by atoms with Crippen molar-refractivity contribution in [1.82, 2.24) is 20.1 Å². The van der Waals surface area contributed by atoms with Crippen molar-refractivity contribution in [1.29, 1.82) is 0 Å². The first-order valence-electron chi connectivity index (χ1n) is 9.32. The van der Waals surface area contributed by atoms with Crippen molar-refractivity contribution in [2.75, 3.05) is 19.7 Å². The summed E-state index contributed by atoms with van der Waals surface area (Å²) in [6.07, 6.45) is 0.583. The number of carbonyl (C=O) groups is 1. The van der Waals surface area contributed by atoms with Crippen molar-refractivity contribution in [3.8, 4) is 11.4 Å². The highest BCUT2D eigenvalue weighted by atomic mass is 35.5. The molecule has 0 aliphatic carbocycles. The minimum atomic E-state index is -0.216. The fraction of sp³-hybridized carbons (Fsp3) is 0.286. The summed E-state index contributed by atoms with van der Waals surface area (Å²) in [6.45, 7) is 3.54. The van der Waals surface area contributed by atoms with Crippen molar-refractivity contribution in [2.24, 2.45) is 0 Å². The Labute approximate surface area is 168 Å². The Kier molecular flexibility index (Phi) is 5.41. The molecule has 7 heteroatoms. The minimum absolute atomic E-state index is 0.0175. The summed E-state index contributed by atoms with van der Waals surface area (Å²) in [4.78, 5) is 19.2. The predicted octanol–water partition coefficient (Wildman–Crippen LogP) is 3.90. The number of aromatic amines is 1. The number of ether oxygens (including phenoxy) is 1. The molecule has 6 nitrogen and oxygen atoms in total. The number of nitrogens with zero attached hydrogens (tertiary/aromatic N) is 3. The van der Waals surface area contributed by atoms with Crippen LogP contribution in [0.1, 0.15) is 34.8 Å². The topological polar surface area (TPSA) is 71.1 Å². The molecule has 144 valence electrons. The summed E-state index contributed by atoms with van der Waals surface area (Å²) in [5.74, 6) is 1.46. The minimum Gasteiger partial charge on any atom is -0.370 e. The lowest BCUT2D eigenvalue weighted by Gasteiger charge is -2.33. The van der Waals surface area contributed by atoms with E-state index in [2.05, 4.69) is 15.2 Å². The Morgan fingerprint density at radius 1 is 1.25 bits per heavy atom. The van der Waals surface area contributed by atoms with E-state index in [1.54, 1.807) is 0 Å². The molecule has 1 saturated heterocycles. The van der Waals surface area contributed by atoms with Gasteiger partial charge in [-0.25, -0.2) is 4.98 Å². The van der Waals surface area contributed by atoms with Gasteiger partial charge < -0.3 is 9.64 Å². The first-order valence-corrected chi connectivity index (χ1v) is 9.70. The molecule has 3 aromatic rings. The molecule has 1 amide bonds. The molecule has 1 aliphatic heterocycles. The van der Waals surface area contributed by atoms with Crippen LogP contribution in [-0.2, 0) is 11.2 Å². The summed E-state index contributed by atoms with van der Waals surface area (Å²) >= 11 is 6.29. The zero-order valence-corrected chi connectivity index (χ0v) is 16.3. The van der Waals surface area contributed by atoms with E-state index < -0.39 is 0 Å². The number of halogens is 1. The second-order valence-electron chi connectivity index (χ2n) is 6.67. The maximum Gasteiger partial charge on any atom is 0.254 e. The number of H-pyrrole nitrogens is 1. The number of rotatable bonds is 4. The molecule has 1 unspecified atom stereocenters. The lowest BCUT2D eigenvalue weighted by molar-refractivity contribution is -0.0227. The van der Waals surface area contributed by atoms with Gasteiger partial charge in [0.25, 0.3) is 5.91 Å². The van der Waals surface area contributed by atoms with Crippen molar-refractivity contribution < 1.29 is 9.53 Å². The lowest BCUT2D eigenvalue weighted by Crippen LogP contribution is -2.42. The lowest BCUT2D eigenvalue weighted by atomic mass is 10.1. The molecular formula is C21H21ClN4O2. The van der Waals surface area contributed by atoms with Gasteiger partial charge in [0.05, 0.1) is 13.2 Å². The summed E-state index contributed by atoms with van der Waals surface area (Å²) in [6, 6.07) is 15.0. The number of benzene rings is 2. The van der Waals surface area contributed by atoms with Crippen LogP contribution in [-0.4, -0.2) is 45.7 Å². The van der Waals surface area contributed by atoms with Crippen molar-refractivity contribution in [3.05, 3.63) is 70.5 Å². The fourth-order valence-electron chi connectivity index (χ4n) is 3.29. The molecule has 1 fully saturated rings. The van der Waals surface area contributed by atoms with Crippen LogP contribution in [0.25, 0.3) is 11.4 Å². The van der Waals surface area contributed by atoms with Gasteiger partial charge in [-0.05, 0) is 18.2 Å². The van der Waals surface area contributed by atoms with Gasteiger partial charge in [-0.15, -0.1) is 0 Å². The second-order valence-corrected chi connectivity index (χ2v) is 7.08. The van der Waals surface area contributed by atoms with Crippen LogP contribution in [0.3, 0.4) is 0 Å². The molecule has 1 N–H and O–H groups in total. The molecular weight excluding hydrogens is 376 g/mol. The average molecular weight is 397 g/mol. The average Bonchev–Trinajstić information content (AvgIpc) is 3.23. The van der Waals surface area contributed by atoms with Gasteiger partial charge in [0, 0.05) is 34.7 Å². The van der Waals surface area contributed by atoms with Gasteiger partial charge in [-0.2, -0.15) is 5.10 Å². The molecule has 0 bridgehead atoms. The fourth-order valence-corrected chi connectivity index (χ4v) is 3.54. The molecule has 0 radical (unpaired) electrons. The number of morpholine rings is 1. The van der Waals surface area contributed by atoms with E-state index in [9.17, 15) is 4.79 Å². The summed E-state index contributed by atoms with van der Waals surface area (Å²) in [7, 11) is 0. The van der Waals surface area contributed by atoms with E-state index in [0.717, 1.165) is 23.4 Å². The zero-order chi connectivity index (χ0) is 19.5. The third kappa shape index (κ3) is 3.79. The SMILES string of the molecule is CCc1nc(-c2ccc(C(=O)N3CCOC(c4ccccc4Cl)C3)cc2)n[nH]1. The van der Waals surface area contributed by atoms with Crippen LogP contribution in [0.5, 0.6) is 0 Å². The van der Waals surface area contributed by atoms with E-state index in [4.69, 9.17) is 16.3 Å². The van der Waals surface area contributed by atoms with Crippen LogP contribution in [0.2, 0.25) is 5.02 Å². The Morgan fingerprint density at radius 3 is 2.75 bits per heavy atom. The van der Waals surface area contributed by atoms with Gasteiger partial charge in [-0.1, -0.05) is 48.9 Å². The van der Waals surface area contributed by atoms with Crippen LogP contribution in [0.15, 0.2) is 48.5 Å². The Morgan fingerprint density at radius 2 is 2.04 bits per heavy atom. The molecule has 4 rings (SSSR count). The molecule has 0 spiro atoms. The predicted molar refractivity (Wildman–Crippen MR) is 107 cm³/mol. The highest BCUT2D eigenvalue weighted by Gasteiger charge is 2.27. The molecule has 28 heavy (non-hydrogen) atoms. The maximum absolute atomic E-state index is 13.0. The van der Waals surface area contributed by atoms with Crippen LogP contribution in [0.4, 0.5) is 0 Å².